The molecule has 1 atom stereocenters. The lowest BCUT2D eigenvalue weighted by Gasteiger charge is -2.32. The third-order valence-corrected chi connectivity index (χ3v) is 4.62. The Labute approximate surface area is 138 Å². The van der Waals surface area contributed by atoms with Gasteiger partial charge in [0.2, 0.25) is 0 Å². The molecule has 0 saturated heterocycles. The number of amides is 2. The van der Waals surface area contributed by atoms with Gasteiger partial charge in [-0.3, -0.25) is 0 Å². The number of urea groups is 1. The molecule has 1 aliphatic carbocycles. The van der Waals surface area contributed by atoms with E-state index in [1.54, 1.807) is 19.1 Å². The van der Waals surface area contributed by atoms with Crippen molar-refractivity contribution in [1.82, 2.24) is 10.2 Å². The van der Waals surface area contributed by atoms with Crippen LogP contribution in [0.3, 0.4) is 0 Å². The Morgan fingerprint density at radius 3 is 2.61 bits per heavy atom. The lowest BCUT2D eigenvalue weighted by atomic mass is 9.99. The van der Waals surface area contributed by atoms with Crippen molar-refractivity contribution in [3.8, 4) is 0 Å². The molecule has 128 valence electrons. The van der Waals surface area contributed by atoms with E-state index in [-0.39, 0.29) is 11.6 Å². The van der Waals surface area contributed by atoms with E-state index in [0.29, 0.717) is 19.6 Å². The maximum atomic E-state index is 12.4. The molecule has 2 N–H and O–H groups in total. The van der Waals surface area contributed by atoms with Crippen LogP contribution in [-0.2, 0) is 4.74 Å². The fourth-order valence-electron chi connectivity index (χ4n) is 3.22. The van der Waals surface area contributed by atoms with Gasteiger partial charge in [-0.25, -0.2) is 4.79 Å². The molecule has 0 radical (unpaired) electrons. The van der Waals surface area contributed by atoms with Crippen LogP contribution < -0.4 is 5.32 Å². The highest BCUT2D eigenvalue weighted by Crippen LogP contribution is 2.30. The summed E-state index contributed by atoms with van der Waals surface area (Å²) in [7, 11) is 3.44. The first-order valence-electron chi connectivity index (χ1n) is 8.31. The van der Waals surface area contributed by atoms with E-state index in [1.807, 2.05) is 30.3 Å². The molecule has 1 fully saturated rings. The van der Waals surface area contributed by atoms with E-state index in [0.717, 1.165) is 31.2 Å². The fourth-order valence-corrected chi connectivity index (χ4v) is 3.22. The first-order valence-corrected chi connectivity index (χ1v) is 8.31. The van der Waals surface area contributed by atoms with Gasteiger partial charge in [-0.05, 0) is 24.8 Å². The maximum absolute atomic E-state index is 12.4. The largest absolute Gasteiger partial charge is 0.388 e. The van der Waals surface area contributed by atoms with Crippen LogP contribution in [0, 0.1) is 0 Å². The van der Waals surface area contributed by atoms with E-state index < -0.39 is 6.10 Å². The van der Waals surface area contributed by atoms with Crippen molar-refractivity contribution in [2.24, 2.45) is 0 Å². The molecule has 0 heterocycles. The number of rotatable bonds is 7. The quantitative estimate of drug-likeness (QED) is 0.812. The Morgan fingerprint density at radius 2 is 2.00 bits per heavy atom. The van der Waals surface area contributed by atoms with Gasteiger partial charge >= 0.3 is 6.03 Å². The molecular weight excluding hydrogens is 292 g/mol. The fraction of sp³-hybridized carbons (Fsp3) is 0.611. The third kappa shape index (κ3) is 4.94. The minimum Gasteiger partial charge on any atom is -0.388 e. The Hall–Kier alpha value is -1.59. The molecule has 1 saturated carbocycles. The summed E-state index contributed by atoms with van der Waals surface area (Å²) in [6, 6.07) is 9.44. The topological polar surface area (TPSA) is 61.8 Å². The van der Waals surface area contributed by atoms with Gasteiger partial charge in [-0.2, -0.15) is 0 Å². The molecular formula is C18H28N2O3. The second kappa shape index (κ2) is 8.31. The number of benzene rings is 1. The number of aliphatic hydroxyl groups excluding tert-OH is 1. The van der Waals surface area contributed by atoms with E-state index >= 15 is 0 Å². The molecule has 5 nitrogen and oxygen atoms in total. The van der Waals surface area contributed by atoms with E-state index in [2.05, 4.69) is 5.32 Å². The number of aliphatic hydroxyl groups is 1. The van der Waals surface area contributed by atoms with Gasteiger partial charge in [-0.1, -0.05) is 43.2 Å². The molecule has 1 aromatic rings. The summed E-state index contributed by atoms with van der Waals surface area (Å²) >= 11 is 0. The number of methoxy groups -OCH3 is 1. The SMILES string of the molecule is COCC1(NC(=O)N(C)CCC(O)c2ccccc2)CCCC1. The van der Waals surface area contributed by atoms with Gasteiger partial charge in [0.25, 0.3) is 0 Å². The average molecular weight is 320 g/mol. The van der Waals surface area contributed by atoms with Crippen LogP contribution in [0.15, 0.2) is 30.3 Å². The van der Waals surface area contributed by atoms with Crippen LogP contribution >= 0.6 is 0 Å². The summed E-state index contributed by atoms with van der Waals surface area (Å²) in [5.74, 6) is 0. The van der Waals surface area contributed by atoms with E-state index in [9.17, 15) is 9.90 Å². The summed E-state index contributed by atoms with van der Waals surface area (Å²) in [5.41, 5.74) is 0.658. The second-order valence-electron chi connectivity index (χ2n) is 6.49. The average Bonchev–Trinajstić information content (AvgIpc) is 3.01. The lowest BCUT2D eigenvalue weighted by Crippen LogP contribution is -2.53. The summed E-state index contributed by atoms with van der Waals surface area (Å²) in [6.45, 7) is 1.06. The summed E-state index contributed by atoms with van der Waals surface area (Å²) < 4.78 is 5.29. The van der Waals surface area contributed by atoms with E-state index in [1.165, 1.54) is 0 Å². The third-order valence-electron chi connectivity index (χ3n) is 4.62. The summed E-state index contributed by atoms with van der Waals surface area (Å²) in [6.07, 6.45) is 4.15. The highest BCUT2D eigenvalue weighted by Gasteiger charge is 2.36. The zero-order chi connectivity index (χ0) is 16.7. The van der Waals surface area contributed by atoms with Crippen molar-refractivity contribution in [2.75, 3.05) is 27.3 Å². The molecule has 2 amide bonds. The molecule has 0 aromatic heterocycles. The smallest absolute Gasteiger partial charge is 0.317 e. The summed E-state index contributed by atoms with van der Waals surface area (Å²) in [5, 5.41) is 13.3. The number of nitrogens with zero attached hydrogens (tertiary/aromatic N) is 1. The van der Waals surface area contributed by atoms with Crippen LogP contribution in [-0.4, -0.2) is 48.9 Å². The monoisotopic (exact) mass is 320 g/mol. The molecule has 0 bridgehead atoms. The first-order chi connectivity index (χ1) is 11.1. The van der Waals surface area contributed by atoms with Crippen molar-refractivity contribution in [3.05, 3.63) is 35.9 Å². The zero-order valence-corrected chi connectivity index (χ0v) is 14.1. The normalized spacial score (nSPS) is 17.7. The minimum absolute atomic E-state index is 0.0933. The molecule has 5 heteroatoms. The highest BCUT2D eigenvalue weighted by molar-refractivity contribution is 5.74. The lowest BCUT2D eigenvalue weighted by molar-refractivity contribution is 0.107. The Balaban J connectivity index is 1.82. The van der Waals surface area contributed by atoms with Crippen LogP contribution in [0.1, 0.15) is 43.8 Å². The van der Waals surface area contributed by atoms with Gasteiger partial charge in [0, 0.05) is 20.7 Å². The van der Waals surface area contributed by atoms with E-state index in [4.69, 9.17) is 4.74 Å². The standard InChI is InChI=1S/C18H28N2O3/c1-20(13-10-16(21)15-8-4-3-5-9-15)17(22)19-18(14-23-2)11-6-7-12-18/h3-5,8-9,16,21H,6-7,10-14H2,1-2H3,(H,19,22). The van der Waals surface area contributed by atoms with Crippen LogP contribution in [0.5, 0.6) is 0 Å². The van der Waals surface area contributed by atoms with Crippen molar-refractivity contribution in [2.45, 2.75) is 43.7 Å². The second-order valence-corrected chi connectivity index (χ2v) is 6.49. The number of ether oxygens (including phenoxy) is 1. The Kier molecular flexibility index (Phi) is 6.42. The summed E-state index contributed by atoms with van der Waals surface area (Å²) in [4.78, 5) is 14.0. The first kappa shape index (κ1) is 17.8. The van der Waals surface area contributed by atoms with Gasteiger partial charge in [0.15, 0.2) is 0 Å². The number of carbonyl (C=O) groups excluding carboxylic acids is 1. The number of nitrogens with one attached hydrogen (secondary N) is 1. The Bertz CT molecular complexity index is 486. The zero-order valence-electron chi connectivity index (χ0n) is 14.1. The maximum Gasteiger partial charge on any atom is 0.317 e. The van der Waals surface area contributed by atoms with Crippen molar-refractivity contribution >= 4 is 6.03 Å². The van der Waals surface area contributed by atoms with Crippen molar-refractivity contribution in [3.63, 3.8) is 0 Å². The number of hydrogen-bond donors (Lipinski definition) is 2. The molecule has 23 heavy (non-hydrogen) atoms. The number of carbonyl (C=O) groups is 1. The molecule has 0 aliphatic heterocycles. The van der Waals surface area contributed by atoms with Gasteiger partial charge in [-0.15, -0.1) is 0 Å². The van der Waals surface area contributed by atoms with Crippen LogP contribution in [0.25, 0.3) is 0 Å². The molecule has 2 rings (SSSR count). The molecule has 1 aliphatic rings. The van der Waals surface area contributed by atoms with Crippen molar-refractivity contribution < 1.29 is 14.6 Å². The highest BCUT2D eigenvalue weighted by atomic mass is 16.5. The predicted octanol–water partition coefficient (Wildman–Crippen LogP) is 2.71. The van der Waals surface area contributed by atoms with Crippen LogP contribution in [0.4, 0.5) is 4.79 Å². The Morgan fingerprint density at radius 1 is 1.35 bits per heavy atom. The molecule has 0 spiro atoms. The van der Waals surface area contributed by atoms with Gasteiger partial charge < -0.3 is 20.1 Å². The molecule has 1 aromatic carbocycles. The minimum atomic E-state index is -0.550. The number of hydrogen-bond acceptors (Lipinski definition) is 3. The van der Waals surface area contributed by atoms with Gasteiger partial charge in [0.05, 0.1) is 18.2 Å². The van der Waals surface area contributed by atoms with Crippen molar-refractivity contribution in [1.29, 1.82) is 0 Å². The molecule has 1 unspecified atom stereocenters. The van der Waals surface area contributed by atoms with Gasteiger partial charge in [0.1, 0.15) is 0 Å². The predicted molar refractivity (Wildman–Crippen MR) is 90.3 cm³/mol. The van der Waals surface area contributed by atoms with Crippen LogP contribution in [0.2, 0.25) is 0 Å².